The Morgan fingerprint density at radius 3 is 2.30 bits per heavy atom. The van der Waals surface area contributed by atoms with Crippen molar-refractivity contribution >= 4 is 17.2 Å². The average molecular weight is 168 g/mol. The van der Waals surface area contributed by atoms with Gasteiger partial charge in [0.15, 0.2) is 5.01 Å². The molecule has 1 aromatic heterocycles. The van der Waals surface area contributed by atoms with Gasteiger partial charge in [-0.2, -0.15) is 13.2 Å². The fourth-order valence-electron chi connectivity index (χ4n) is 0.416. The molecule has 0 fully saturated rings. The smallest absolute Gasteiger partial charge is 0.383 e. The first-order valence-electron chi connectivity index (χ1n) is 2.28. The Labute approximate surface area is 58.5 Å². The normalized spacial score (nSPS) is 11.9. The van der Waals surface area contributed by atoms with Gasteiger partial charge >= 0.3 is 6.18 Å². The summed E-state index contributed by atoms with van der Waals surface area (Å²) in [5, 5.41) is 0.257. The van der Waals surface area contributed by atoms with Gasteiger partial charge < -0.3 is 5.73 Å². The minimum atomic E-state index is -4.36. The molecule has 2 nitrogen and oxygen atoms in total. The highest BCUT2D eigenvalue weighted by atomic mass is 32.1. The first-order valence-corrected chi connectivity index (χ1v) is 3.16. The summed E-state index contributed by atoms with van der Waals surface area (Å²) in [7, 11) is 0. The molecule has 2 N–H and O–H groups in total. The molecule has 10 heavy (non-hydrogen) atoms. The lowest BCUT2D eigenvalue weighted by Gasteiger charge is -1.98. The van der Waals surface area contributed by atoms with Crippen molar-refractivity contribution in [3.63, 3.8) is 0 Å². The van der Waals surface area contributed by atoms with E-state index in [2.05, 4.69) is 4.98 Å². The molecule has 0 aliphatic carbocycles. The maximum atomic E-state index is 11.7. The van der Waals surface area contributed by atoms with Crippen molar-refractivity contribution in [2.75, 3.05) is 5.73 Å². The van der Waals surface area contributed by atoms with Crippen molar-refractivity contribution in [3.8, 4) is 0 Å². The van der Waals surface area contributed by atoms with Gasteiger partial charge in [0, 0.05) is 5.38 Å². The van der Waals surface area contributed by atoms with Crippen LogP contribution in [0.3, 0.4) is 0 Å². The van der Waals surface area contributed by atoms with Gasteiger partial charge in [0.25, 0.3) is 0 Å². The van der Waals surface area contributed by atoms with Crippen LogP contribution in [0.5, 0.6) is 0 Å². The third-order valence-corrected chi connectivity index (χ3v) is 1.67. The summed E-state index contributed by atoms with van der Waals surface area (Å²) in [4.78, 5) is 3.05. The zero-order chi connectivity index (χ0) is 7.78. The van der Waals surface area contributed by atoms with E-state index >= 15 is 0 Å². The van der Waals surface area contributed by atoms with Gasteiger partial charge in [-0.15, -0.1) is 11.3 Å². The van der Waals surface area contributed by atoms with E-state index in [0.717, 1.165) is 5.38 Å². The monoisotopic (exact) mass is 168 g/mol. The third kappa shape index (κ3) is 1.38. The molecule has 0 radical (unpaired) electrons. The van der Waals surface area contributed by atoms with Crippen molar-refractivity contribution in [1.29, 1.82) is 0 Å². The van der Waals surface area contributed by atoms with Gasteiger partial charge in [-0.3, -0.25) is 0 Å². The molecule has 0 spiro atoms. The van der Waals surface area contributed by atoms with Crippen molar-refractivity contribution in [2.24, 2.45) is 0 Å². The van der Waals surface area contributed by atoms with Crippen LogP contribution in [0.4, 0.5) is 19.0 Å². The lowest BCUT2D eigenvalue weighted by molar-refractivity contribution is -0.137. The van der Waals surface area contributed by atoms with Crippen LogP contribution >= 0.6 is 11.3 Å². The summed E-state index contributed by atoms with van der Waals surface area (Å²) in [6.45, 7) is 0. The average Bonchev–Trinajstić information content (AvgIpc) is 2.11. The van der Waals surface area contributed by atoms with Crippen molar-refractivity contribution in [2.45, 2.75) is 6.18 Å². The molecule has 0 aliphatic rings. The molecule has 1 rings (SSSR count). The fourth-order valence-corrected chi connectivity index (χ4v) is 0.993. The van der Waals surface area contributed by atoms with Crippen molar-refractivity contribution < 1.29 is 13.2 Å². The Morgan fingerprint density at radius 2 is 2.10 bits per heavy atom. The second kappa shape index (κ2) is 2.12. The number of alkyl halides is 3. The lowest BCUT2D eigenvalue weighted by Crippen LogP contribution is -2.03. The van der Waals surface area contributed by atoms with Gasteiger partial charge in [-0.1, -0.05) is 0 Å². The third-order valence-electron chi connectivity index (χ3n) is 0.764. The van der Waals surface area contributed by atoms with E-state index in [0.29, 0.717) is 11.3 Å². The maximum Gasteiger partial charge on any atom is 0.443 e. The van der Waals surface area contributed by atoms with Gasteiger partial charge in [0.05, 0.1) is 0 Å². The van der Waals surface area contributed by atoms with Crippen molar-refractivity contribution in [3.05, 3.63) is 10.4 Å². The summed E-state index contributed by atoms with van der Waals surface area (Å²) < 4.78 is 35.1. The second-order valence-electron chi connectivity index (χ2n) is 1.58. The van der Waals surface area contributed by atoms with E-state index in [9.17, 15) is 13.2 Å². The highest BCUT2D eigenvalue weighted by Gasteiger charge is 2.34. The molecule has 0 saturated heterocycles. The summed E-state index contributed by atoms with van der Waals surface area (Å²) in [5.41, 5.74) is 4.97. The Morgan fingerprint density at radius 1 is 1.50 bits per heavy atom. The molecule has 0 bridgehead atoms. The Bertz CT molecular complexity index is 229. The number of anilines is 1. The molecule has 1 aromatic rings. The first-order chi connectivity index (χ1) is 4.50. The number of rotatable bonds is 0. The minimum absolute atomic E-state index is 0.0858. The molecular weight excluding hydrogens is 165 g/mol. The molecule has 0 amide bonds. The summed E-state index contributed by atoms with van der Waals surface area (Å²) in [6, 6.07) is 0. The molecule has 0 unspecified atom stereocenters. The van der Waals surface area contributed by atoms with E-state index in [4.69, 9.17) is 5.73 Å². The molecular formula is C4H3F3N2S. The second-order valence-corrected chi connectivity index (χ2v) is 2.43. The Balaban J connectivity index is 2.96. The van der Waals surface area contributed by atoms with Crippen LogP contribution in [0.15, 0.2) is 5.38 Å². The molecule has 0 aromatic carbocycles. The van der Waals surface area contributed by atoms with Gasteiger partial charge in [-0.05, 0) is 0 Å². The number of hydrogen-bond donors (Lipinski definition) is 1. The number of thiazole rings is 1. The number of nitrogens with two attached hydrogens (primary N) is 1. The van der Waals surface area contributed by atoms with E-state index in [1.165, 1.54) is 0 Å². The zero-order valence-corrected chi connectivity index (χ0v) is 5.46. The number of hydrogen-bond acceptors (Lipinski definition) is 3. The standard InChI is InChI=1S/C4H3F3N2S/c5-4(6,7)3-9-2(8)1-10-3/h1H,8H2. The summed E-state index contributed by atoms with van der Waals surface area (Å²) in [6.07, 6.45) is -4.36. The summed E-state index contributed by atoms with van der Waals surface area (Å²) >= 11 is 0.495. The maximum absolute atomic E-state index is 11.7. The quantitative estimate of drug-likeness (QED) is 0.640. The highest BCUT2D eigenvalue weighted by molar-refractivity contribution is 7.10. The van der Waals surface area contributed by atoms with Gasteiger partial charge in [-0.25, -0.2) is 4.98 Å². The van der Waals surface area contributed by atoms with Crippen LogP contribution in [0.25, 0.3) is 0 Å². The van der Waals surface area contributed by atoms with Crippen LogP contribution in [0.1, 0.15) is 5.01 Å². The van der Waals surface area contributed by atoms with Crippen LogP contribution < -0.4 is 5.73 Å². The number of nitrogen functional groups attached to an aromatic ring is 1. The van der Waals surface area contributed by atoms with E-state index in [1.807, 2.05) is 0 Å². The van der Waals surface area contributed by atoms with Crippen LogP contribution in [-0.2, 0) is 6.18 Å². The van der Waals surface area contributed by atoms with E-state index in [1.54, 1.807) is 0 Å². The molecule has 1 heterocycles. The molecule has 0 atom stereocenters. The van der Waals surface area contributed by atoms with Crippen molar-refractivity contribution in [1.82, 2.24) is 4.98 Å². The number of halogens is 3. The molecule has 6 heteroatoms. The van der Waals surface area contributed by atoms with Gasteiger partial charge in [0.2, 0.25) is 0 Å². The molecule has 56 valence electrons. The van der Waals surface area contributed by atoms with Crippen LogP contribution in [0.2, 0.25) is 0 Å². The number of aromatic nitrogens is 1. The zero-order valence-electron chi connectivity index (χ0n) is 4.64. The van der Waals surface area contributed by atoms with Crippen LogP contribution in [0, 0.1) is 0 Å². The highest BCUT2D eigenvalue weighted by Crippen LogP contribution is 2.31. The minimum Gasteiger partial charge on any atom is -0.383 e. The Kier molecular flexibility index (Phi) is 1.55. The summed E-state index contributed by atoms with van der Waals surface area (Å²) in [5.74, 6) is -0.0858. The number of nitrogens with zero attached hydrogens (tertiary/aromatic N) is 1. The predicted molar refractivity (Wildman–Crippen MR) is 31.5 cm³/mol. The molecule has 0 aliphatic heterocycles. The topological polar surface area (TPSA) is 38.9 Å². The Hall–Kier alpha value is -0.780. The van der Waals surface area contributed by atoms with E-state index < -0.39 is 11.2 Å². The SMILES string of the molecule is Nc1csc(C(F)(F)F)n1. The van der Waals surface area contributed by atoms with E-state index in [-0.39, 0.29) is 5.82 Å². The lowest BCUT2D eigenvalue weighted by atomic mass is 10.7. The van der Waals surface area contributed by atoms with Crippen LogP contribution in [-0.4, -0.2) is 4.98 Å². The fraction of sp³-hybridized carbons (Fsp3) is 0.250. The van der Waals surface area contributed by atoms with Gasteiger partial charge in [0.1, 0.15) is 5.82 Å². The molecule has 0 saturated carbocycles. The first kappa shape index (κ1) is 7.33. The predicted octanol–water partition coefficient (Wildman–Crippen LogP) is 1.74. The largest absolute Gasteiger partial charge is 0.443 e.